The molecule has 1 aromatic rings. The summed E-state index contributed by atoms with van der Waals surface area (Å²) >= 11 is 0. The normalized spacial score (nSPS) is 15.0. The number of nitrogens with one attached hydrogen (secondary N) is 1. The topological polar surface area (TPSA) is 58.4 Å². The van der Waals surface area contributed by atoms with E-state index in [0.717, 1.165) is 19.1 Å². The second kappa shape index (κ2) is 5.29. The van der Waals surface area contributed by atoms with Crippen LogP contribution in [-0.2, 0) is 6.54 Å². The lowest BCUT2D eigenvalue weighted by molar-refractivity contribution is 0.0953. The molecule has 1 aliphatic carbocycles. The molecule has 0 radical (unpaired) electrons. The highest BCUT2D eigenvalue weighted by atomic mass is 16.2. The smallest absolute Gasteiger partial charge is 0.265 e. The standard InChI is InChI=1S/C13H19N3O/c1-2-16(12-6-7-12)9-10-4-3-5-11(8-10)13(17)15-14/h3-5,8,12H,2,6-7,9,14H2,1H3,(H,15,17). The molecule has 4 heteroatoms. The Hall–Kier alpha value is -1.39. The number of carbonyl (C=O) groups excluding carboxylic acids is 1. The highest BCUT2D eigenvalue weighted by Crippen LogP contribution is 2.27. The molecule has 0 saturated heterocycles. The van der Waals surface area contributed by atoms with Gasteiger partial charge in [0.25, 0.3) is 5.91 Å². The highest BCUT2D eigenvalue weighted by Gasteiger charge is 2.27. The maximum absolute atomic E-state index is 11.4. The minimum Gasteiger partial charge on any atom is -0.296 e. The average Bonchev–Trinajstić information content (AvgIpc) is 3.19. The molecule has 4 nitrogen and oxygen atoms in total. The molecule has 0 aliphatic heterocycles. The summed E-state index contributed by atoms with van der Waals surface area (Å²) in [5.74, 6) is 4.89. The summed E-state index contributed by atoms with van der Waals surface area (Å²) in [5, 5.41) is 0. The van der Waals surface area contributed by atoms with Crippen molar-refractivity contribution in [2.75, 3.05) is 6.54 Å². The number of rotatable bonds is 5. The van der Waals surface area contributed by atoms with Crippen LogP contribution in [0.25, 0.3) is 0 Å². The predicted octanol–water partition coefficient (Wildman–Crippen LogP) is 1.27. The molecule has 1 amide bonds. The van der Waals surface area contributed by atoms with Crippen LogP contribution >= 0.6 is 0 Å². The zero-order valence-electron chi connectivity index (χ0n) is 10.1. The van der Waals surface area contributed by atoms with E-state index in [-0.39, 0.29) is 5.91 Å². The second-order valence-electron chi connectivity index (χ2n) is 4.47. The molecule has 0 aromatic heterocycles. The molecule has 1 aromatic carbocycles. The Bertz CT molecular complexity index is 401. The van der Waals surface area contributed by atoms with Gasteiger partial charge in [0.15, 0.2) is 0 Å². The number of carbonyl (C=O) groups is 1. The van der Waals surface area contributed by atoms with E-state index >= 15 is 0 Å². The van der Waals surface area contributed by atoms with Crippen molar-refractivity contribution < 1.29 is 4.79 Å². The number of amides is 1. The van der Waals surface area contributed by atoms with E-state index in [4.69, 9.17) is 5.84 Å². The van der Waals surface area contributed by atoms with Crippen LogP contribution in [0.2, 0.25) is 0 Å². The molecule has 1 aliphatic rings. The number of nitrogens with zero attached hydrogens (tertiary/aromatic N) is 1. The van der Waals surface area contributed by atoms with Gasteiger partial charge >= 0.3 is 0 Å². The average molecular weight is 233 g/mol. The van der Waals surface area contributed by atoms with Gasteiger partial charge < -0.3 is 0 Å². The van der Waals surface area contributed by atoms with Crippen LogP contribution in [0, 0.1) is 0 Å². The van der Waals surface area contributed by atoms with E-state index in [9.17, 15) is 4.79 Å². The Morgan fingerprint density at radius 1 is 1.53 bits per heavy atom. The van der Waals surface area contributed by atoms with Crippen molar-refractivity contribution in [3.8, 4) is 0 Å². The van der Waals surface area contributed by atoms with Crippen LogP contribution < -0.4 is 11.3 Å². The molecule has 17 heavy (non-hydrogen) atoms. The zero-order chi connectivity index (χ0) is 12.3. The van der Waals surface area contributed by atoms with Crippen molar-refractivity contribution in [2.45, 2.75) is 32.4 Å². The van der Waals surface area contributed by atoms with Gasteiger partial charge in [0, 0.05) is 18.2 Å². The largest absolute Gasteiger partial charge is 0.296 e. The van der Waals surface area contributed by atoms with Gasteiger partial charge in [-0.25, -0.2) is 5.84 Å². The molecule has 0 spiro atoms. The Morgan fingerprint density at radius 2 is 2.29 bits per heavy atom. The Kier molecular flexibility index (Phi) is 3.76. The third kappa shape index (κ3) is 3.05. The van der Waals surface area contributed by atoms with E-state index in [1.165, 1.54) is 18.4 Å². The third-order valence-corrected chi connectivity index (χ3v) is 3.18. The Labute approximate surface area is 102 Å². The fourth-order valence-electron chi connectivity index (χ4n) is 2.07. The van der Waals surface area contributed by atoms with Gasteiger partial charge in [-0.15, -0.1) is 0 Å². The first-order valence-corrected chi connectivity index (χ1v) is 6.08. The van der Waals surface area contributed by atoms with E-state index in [2.05, 4.69) is 23.3 Å². The first kappa shape index (κ1) is 12.1. The minimum atomic E-state index is -0.235. The van der Waals surface area contributed by atoms with E-state index in [1.807, 2.05) is 12.1 Å². The van der Waals surface area contributed by atoms with Crippen molar-refractivity contribution in [2.24, 2.45) is 5.84 Å². The van der Waals surface area contributed by atoms with Crippen LogP contribution in [0.5, 0.6) is 0 Å². The lowest BCUT2D eigenvalue weighted by Gasteiger charge is -2.19. The molecule has 1 fully saturated rings. The van der Waals surface area contributed by atoms with Crippen LogP contribution in [0.1, 0.15) is 35.7 Å². The molecule has 1 saturated carbocycles. The summed E-state index contributed by atoms with van der Waals surface area (Å²) in [4.78, 5) is 13.9. The van der Waals surface area contributed by atoms with Gasteiger partial charge in [0.2, 0.25) is 0 Å². The molecule has 0 unspecified atom stereocenters. The number of nitrogen functional groups attached to an aromatic ring is 1. The lowest BCUT2D eigenvalue weighted by Crippen LogP contribution is -2.30. The fraction of sp³-hybridized carbons (Fsp3) is 0.462. The van der Waals surface area contributed by atoms with Crippen LogP contribution in [0.3, 0.4) is 0 Å². The Balaban J connectivity index is 2.07. The lowest BCUT2D eigenvalue weighted by atomic mass is 10.1. The Morgan fingerprint density at radius 3 is 2.88 bits per heavy atom. The SMILES string of the molecule is CCN(Cc1cccc(C(=O)NN)c1)C1CC1. The molecular weight excluding hydrogens is 214 g/mol. The van der Waals surface area contributed by atoms with Gasteiger partial charge in [-0.1, -0.05) is 19.1 Å². The van der Waals surface area contributed by atoms with Crippen molar-refractivity contribution in [3.63, 3.8) is 0 Å². The number of benzene rings is 1. The predicted molar refractivity (Wildman–Crippen MR) is 67.2 cm³/mol. The maximum Gasteiger partial charge on any atom is 0.265 e. The zero-order valence-corrected chi connectivity index (χ0v) is 10.1. The molecule has 92 valence electrons. The summed E-state index contributed by atoms with van der Waals surface area (Å²) in [7, 11) is 0. The van der Waals surface area contributed by atoms with Crippen LogP contribution in [0.4, 0.5) is 0 Å². The molecule has 2 rings (SSSR count). The molecule has 0 heterocycles. The van der Waals surface area contributed by atoms with Gasteiger partial charge in [0.1, 0.15) is 0 Å². The second-order valence-corrected chi connectivity index (χ2v) is 4.47. The highest BCUT2D eigenvalue weighted by molar-refractivity contribution is 5.93. The monoisotopic (exact) mass is 233 g/mol. The summed E-state index contributed by atoms with van der Waals surface area (Å²) in [6, 6.07) is 8.39. The fourth-order valence-corrected chi connectivity index (χ4v) is 2.07. The number of hydrazine groups is 1. The summed E-state index contributed by atoms with van der Waals surface area (Å²) < 4.78 is 0. The summed E-state index contributed by atoms with van der Waals surface area (Å²) in [5.41, 5.74) is 3.95. The first-order valence-electron chi connectivity index (χ1n) is 6.08. The molecule has 0 bridgehead atoms. The number of hydrogen-bond acceptors (Lipinski definition) is 3. The van der Waals surface area contributed by atoms with Gasteiger partial charge in [-0.05, 0) is 37.1 Å². The molecule has 3 N–H and O–H groups in total. The van der Waals surface area contributed by atoms with Crippen molar-refractivity contribution >= 4 is 5.91 Å². The number of hydrogen-bond donors (Lipinski definition) is 2. The van der Waals surface area contributed by atoms with Crippen molar-refractivity contribution in [1.29, 1.82) is 0 Å². The van der Waals surface area contributed by atoms with E-state index in [0.29, 0.717) is 5.56 Å². The van der Waals surface area contributed by atoms with Crippen LogP contribution in [-0.4, -0.2) is 23.4 Å². The summed E-state index contributed by atoms with van der Waals surface area (Å²) in [6.07, 6.45) is 2.60. The third-order valence-electron chi connectivity index (χ3n) is 3.18. The van der Waals surface area contributed by atoms with Crippen molar-refractivity contribution in [3.05, 3.63) is 35.4 Å². The van der Waals surface area contributed by atoms with Crippen LogP contribution in [0.15, 0.2) is 24.3 Å². The van der Waals surface area contributed by atoms with E-state index < -0.39 is 0 Å². The quantitative estimate of drug-likeness (QED) is 0.457. The maximum atomic E-state index is 11.4. The van der Waals surface area contributed by atoms with Gasteiger partial charge in [-0.3, -0.25) is 15.1 Å². The minimum absolute atomic E-state index is 0.235. The first-order chi connectivity index (χ1) is 8.24. The summed E-state index contributed by atoms with van der Waals surface area (Å²) in [6.45, 7) is 4.14. The van der Waals surface area contributed by atoms with Gasteiger partial charge in [0.05, 0.1) is 0 Å². The molecular formula is C13H19N3O. The van der Waals surface area contributed by atoms with Crippen molar-refractivity contribution in [1.82, 2.24) is 10.3 Å². The molecule has 0 atom stereocenters. The van der Waals surface area contributed by atoms with E-state index in [1.54, 1.807) is 6.07 Å². The van der Waals surface area contributed by atoms with Gasteiger partial charge in [-0.2, -0.15) is 0 Å². The number of nitrogens with two attached hydrogens (primary N) is 1.